The van der Waals surface area contributed by atoms with Gasteiger partial charge in [0.25, 0.3) is 0 Å². The fraction of sp³-hybridized carbons (Fsp3) is 0.556. The Bertz CT molecular complexity index is 493. The fourth-order valence-electron chi connectivity index (χ4n) is 3.34. The van der Waals surface area contributed by atoms with Crippen LogP contribution in [0.2, 0.25) is 0 Å². The lowest BCUT2D eigenvalue weighted by Gasteiger charge is -2.20. The summed E-state index contributed by atoms with van der Waals surface area (Å²) in [6, 6.07) is 4.76. The van der Waals surface area contributed by atoms with Crippen molar-refractivity contribution in [2.75, 3.05) is 19.6 Å². The van der Waals surface area contributed by atoms with Gasteiger partial charge in [-0.15, -0.1) is 0 Å². The summed E-state index contributed by atoms with van der Waals surface area (Å²) in [6.07, 6.45) is 9.04. The molecule has 0 spiro atoms. The Balaban J connectivity index is 1.70. The van der Waals surface area contributed by atoms with Crippen LogP contribution in [0.15, 0.2) is 17.7 Å². The smallest absolute Gasteiger partial charge is 0.00187 e. The lowest BCUT2D eigenvalue weighted by Crippen LogP contribution is -2.21. The van der Waals surface area contributed by atoms with Crippen LogP contribution in [0.25, 0.3) is 6.08 Å². The number of fused-ring (bicyclic) bond motifs is 1. The quantitative estimate of drug-likeness (QED) is 0.785. The van der Waals surface area contributed by atoms with Gasteiger partial charge >= 0.3 is 0 Å². The van der Waals surface area contributed by atoms with E-state index in [1.165, 1.54) is 68.4 Å². The summed E-state index contributed by atoms with van der Waals surface area (Å²) < 4.78 is 0. The van der Waals surface area contributed by atoms with Crippen molar-refractivity contribution >= 4 is 6.08 Å². The highest BCUT2D eigenvalue weighted by Crippen LogP contribution is 2.28. The molecule has 3 rings (SSSR count). The van der Waals surface area contributed by atoms with E-state index in [4.69, 9.17) is 0 Å². The number of rotatable bonds is 3. The van der Waals surface area contributed by atoms with Gasteiger partial charge in [-0.3, -0.25) is 0 Å². The lowest BCUT2D eigenvalue weighted by molar-refractivity contribution is 0.342. The molecule has 0 aromatic heterocycles. The molecule has 1 heteroatoms. The summed E-state index contributed by atoms with van der Waals surface area (Å²) in [4.78, 5) is 2.62. The third kappa shape index (κ3) is 2.92. The van der Waals surface area contributed by atoms with Gasteiger partial charge in [0.15, 0.2) is 0 Å². The minimum absolute atomic E-state index is 1.24. The Kier molecular flexibility index (Phi) is 3.74. The van der Waals surface area contributed by atoms with Crippen LogP contribution in [0.5, 0.6) is 0 Å². The zero-order valence-electron chi connectivity index (χ0n) is 12.3. The minimum Gasteiger partial charge on any atom is -0.303 e. The second kappa shape index (κ2) is 5.50. The molecule has 2 aliphatic rings. The molecule has 1 nitrogen and oxygen atoms in total. The second-order valence-corrected chi connectivity index (χ2v) is 6.24. The summed E-state index contributed by atoms with van der Waals surface area (Å²) >= 11 is 0. The molecule has 0 unspecified atom stereocenters. The zero-order valence-corrected chi connectivity index (χ0v) is 12.3. The van der Waals surface area contributed by atoms with E-state index >= 15 is 0 Å². The Morgan fingerprint density at radius 3 is 2.53 bits per heavy atom. The van der Waals surface area contributed by atoms with Crippen molar-refractivity contribution in [1.29, 1.82) is 0 Å². The molecule has 1 aromatic carbocycles. The number of hydrogen-bond donors (Lipinski definition) is 0. The van der Waals surface area contributed by atoms with Crippen molar-refractivity contribution in [2.45, 2.75) is 46.0 Å². The number of aryl methyl sites for hydroxylation is 3. The maximum Gasteiger partial charge on any atom is 0.00187 e. The normalized spacial score (nSPS) is 19.4. The summed E-state index contributed by atoms with van der Waals surface area (Å²) in [6.45, 7) is 8.36. The summed E-state index contributed by atoms with van der Waals surface area (Å²) in [7, 11) is 0. The maximum absolute atomic E-state index is 2.62. The van der Waals surface area contributed by atoms with Gasteiger partial charge in [0.2, 0.25) is 0 Å². The molecular weight excluding hydrogens is 230 g/mol. The minimum atomic E-state index is 1.24. The topological polar surface area (TPSA) is 3.24 Å². The molecule has 0 atom stereocenters. The predicted octanol–water partition coefficient (Wildman–Crippen LogP) is 4.12. The molecule has 0 N–H and O–H groups in total. The average Bonchev–Trinajstić information content (AvgIpc) is 2.91. The van der Waals surface area contributed by atoms with E-state index in [1.54, 1.807) is 11.1 Å². The standard InChI is InChI=1S/C18H25N/c1-14-11-17-6-5-16(13-18(17)12-15(14)2)7-10-19-8-3-4-9-19/h11-13H,3-10H2,1-2H3. The molecule has 0 amide bonds. The molecule has 1 fully saturated rings. The van der Waals surface area contributed by atoms with Gasteiger partial charge in [-0.05, 0) is 81.3 Å². The Labute approximate surface area is 117 Å². The van der Waals surface area contributed by atoms with E-state index < -0.39 is 0 Å². The van der Waals surface area contributed by atoms with Crippen molar-refractivity contribution in [1.82, 2.24) is 4.90 Å². The third-order valence-electron chi connectivity index (χ3n) is 4.78. The van der Waals surface area contributed by atoms with Crippen LogP contribution in [0.4, 0.5) is 0 Å². The van der Waals surface area contributed by atoms with Crippen molar-refractivity contribution in [3.63, 3.8) is 0 Å². The molecule has 1 aliphatic heterocycles. The average molecular weight is 255 g/mol. The Morgan fingerprint density at radius 2 is 1.74 bits per heavy atom. The molecule has 0 radical (unpaired) electrons. The largest absolute Gasteiger partial charge is 0.303 e. The molecule has 102 valence electrons. The Morgan fingerprint density at radius 1 is 1.00 bits per heavy atom. The van der Waals surface area contributed by atoms with Gasteiger partial charge in [0.1, 0.15) is 0 Å². The highest BCUT2D eigenvalue weighted by Gasteiger charge is 2.14. The van der Waals surface area contributed by atoms with E-state index in [2.05, 4.69) is 37.0 Å². The first-order chi connectivity index (χ1) is 9.22. The number of benzene rings is 1. The second-order valence-electron chi connectivity index (χ2n) is 6.24. The zero-order chi connectivity index (χ0) is 13.2. The first kappa shape index (κ1) is 12.9. The highest BCUT2D eigenvalue weighted by atomic mass is 15.1. The van der Waals surface area contributed by atoms with Crippen LogP contribution in [0.1, 0.15) is 47.9 Å². The number of likely N-dealkylation sites (tertiary alicyclic amines) is 1. The molecule has 0 bridgehead atoms. The molecule has 19 heavy (non-hydrogen) atoms. The van der Waals surface area contributed by atoms with Crippen LogP contribution in [0.3, 0.4) is 0 Å². The van der Waals surface area contributed by atoms with E-state index in [0.29, 0.717) is 0 Å². The van der Waals surface area contributed by atoms with Gasteiger partial charge in [0.05, 0.1) is 0 Å². The molecule has 1 aromatic rings. The van der Waals surface area contributed by atoms with Crippen LogP contribution >= 0.6 is 0 Å². The maximum atomic E-state index is 2.62. The molecule has 1 aliphatic carbocycles. The van der Waals surface area contributed by atoms with Gasteiger partial charge in [0, 0.05) is 6.54 Å². The van der Waals surface area contributed by atoms with Crippen LogP contribution in [-0.4, -0.2) is 24.5 Å². The number of nitrogens with zero attached hydrogens (tertiary/aromatic N) is 1. The van der Waals surface area contributed by atoms with E-state index in [9.17, 15) is 0 Å². The summed E-state index contributed by atoms with van der Waals surface area (Å²) in [5.41, 5.74) is 7.55. The predicted molar refractivity (Wildman–Crippen MR) is 82.5 cm³/mol. The third-order valence-corrected chi connectivity index (χ3v) is 4.78. The summed E-state index contributed by atoms with van der Waals surface area (Å²) in [5, 5.41) is 0. The van der Waals surface area contributed by atoms with Gasteiger partial charge < -0.3 is 4.90 Å². The fourth-order valence-corrected chi connectivity index (χ4v) is 3.34. The SMILES string of the molecule is Cc1cc2c(cc1C)CCC(CCN1CCCC1)=C2. The van der Waals surface area contributed by atoms with Gasteiger partial charge in [-0.2, -0.15) is 0 Å². The first-order valence-electron chi connectivity index (χ1n) is 7.74. The van der Waals surface area contributed by atoms with Crippen LogP contribution in [0, 0.1) is 13.8 Å². The van der Waals surface area contributed by atoms with Crippen LogP contribution in [-0.2, 0) is 6.42 Å². The number of hydrogen-bond acceptors (Lipinski definition) is 1. The molecule has 0 saturated carbocycles. The Hall–Kier alpha value is -1.08. The van der Waals surface area contributed by atoms with E-state index in [1.807, 2.05) is 0 Å². The van der Waals surface area contributed by atoms with Crippen molar-refractivity contribution < 1.29 is 0 Å². The molecule has 1 heterocycles. The van der Waals surface area contributed by atoms with Crippen molar-refractivity contribution in [3.05, 3.63) is 40.0 Å². The van der Waals surface area contributed by atoms with E-state index in [0.717, 1.165) is 0 Å². The van der Waals surface area contributed by atoms with Crippen LogP contribution < -0.4 is 0 Å². The monoisotopic (exact) mass is 255 g/mol. The van der Waals surface area contributed by atoms with Crippen molar-refractivity contribution in [2.24, 2.45) is 0 Å². The lowest BCUT2D eigenvalue weighted by atomic mass is 9.88. The first-order valence-corrected chi connectivity index (χ1v) is 7.74. The van der Waals surface area contributed by atoms with Gasteiger partial charge in [-0.25, -0.2) is 0 Å². The van der Waals surface area contributed by atoms with Gasteiger partial charge in [-0.1, -0.05) is 23.8 Å². The van der Waals surface area contributed by atoms with Crippen molar-refractivity contribution in [3.8, 4) is 0 Å². The molecule has 1 saturated heterocycles. The molecular formula is C18H25N. The summed E-state index contributed by atoms with van der Waals surface area (Å²) in [5.74, 6) is 0. The highest BCUT2D eigenvalue weighted by molar-refractivity contribution is 5.61. The van der Waals surface area contributed by atoms with E-state index in [-0.39, 0.29) is 0 Å².